The van der Waals surface area contributed by atoms with Crippen LogP contribution in [0.1, 0.15) is 59.2 Å². The van der Waals surface area contributed by atoms with Gasteiger partial charge in [0, 0.05) is 44.3 Å². The first-order chi connectivity index (χ1) is 26.6. The van der Waals surface area contributed by atoms with Gasteiger partial charge in [0.15, 0.2) is 11.5 Å². The molecule has 3 aromatic carbocycles. The first-order valence-electron chi connectivity index (χ1n) is 19.0. The summed E-state index contributed by atoms with van der Waals surface area (Å²) in [6, 6.07) is 17.5. The molecular weight excluding hydrogens is 745 g/mol. The molecule has 298 valence electrons. The molecule has 3 aliphatic rings. The molecule has 6 rings (SSSR count). The third kappa shape index (κ3) is 8.72. The summed E-state index contributed by atoms with van der Waals surface area (Å²) in [6.45, 7) is 4.22. The lowest BCUT2D eigenvalue weighted by atomic mass is 9.72. The van der Waals surface area contributed by atoms with E-state index in [1.54, 1.807) is 30.1 Å². The van der Waals surface area contributed by atoms with Crippen molar-refractivity contribution in [3.05, 3.63) is 86.9 Å². The molecule has 2 atom stereocenters. The maximum absolute atomic E-state index is 14.2. The van der Waals surface area contributed by atoms with Crippen molar-refractivity contribution in [3.8, 4) is 17.2 Å². The number of unbranched alkanes of at least 4 members (excludes halogenated alkanes) is 1. The Kier molecular flexibility index (Phi) is 13.5. The number of aliphatic hydroxyl groups is 1. The normalized spacial score (nSPS) is 20.6. The molecule has 2 saturated heterocycles. The minimum Gasteiger partial charge on any atom is -0.493 e. The molecule has 2 heterocycles. The Morgan fingerprint density at radius 3 is 2.35 bits per heavy atom. The predicted octanol–water partition coefficient (Wildman–Crippen LogP) is 5.98. The van der Waals surface area contributed by atoms with E-state index in [-0.39, 0.29) is 36.5 Å². The van der Waals surface area contributed by atoms with Gasteiger partial charge < -0.3 is 43.5 Å². The van der Waals surface area contributed by atoms with E-state index in [1.807, 2.05) is 17.0 Å². The van der Waals surface area contributed by atoms with E-state index in [9.17, 15) is 9.59 Å². The van der Waals surface area contributed by atoms with Gasteiger partial charge in [-0.3, -0.25) is 9.59 Å². The lowest BCUT2D eigenvalue weighted by Crippen LogP contribution is -2.54. The Morgan fingerprint density at radius 2 is 1.67 bits per heavy atom. The largest absolute Gasteiger partial charge is 0.493 e. The summed E-state index contributed by atoms with van der Waals surface area (Å²) in [5.41, 5.74) is 2.87. The number of fused-ring (bicyclic) bond motifs is 2. The zero-order valence-corrected chi connectivity index (χ0v) is 33.8. The third-order valence-electron chi connectivity index (χ3n) is 11.7. The molecule has 0 saturated carbocycles. The van der Waals surface area contributed by atoms with Crippen LogP contribution >= 0.6 is 23.2 Å². The highest BCUT2D eigenvalue weighted by atomic mass is 35.5. The Labute approximate surface area is 334 Å². The van der Waals surface area contributed by atoms with Gasteiger partial charge in [-0.05, 0) is 92.6 Å². The number of carbonyl (C=O) groups is 2. The highest BCUT2D eigenvalue weighted by Crippen LogP contribution is 2.48. The zero-order valence-electron chi connectivity index (χ0n) is 32.3. The van der Waals surface area contributed by atoms with Crippen LogP contribution in [0, 0.1) is 0 Å². The minimum absolute atomic E-state index is 0.0363. The van der Waals surface area contributed by atoms with E-state index in [4.69, 9.17) is 52.0 Å². The average Bonchev–Trinajstić information content (AvgIpc) is 3.51. The van der Waals surface area contributed by atoms with Crippen LogP contribution in [0.4, 0.5) is 0 Å². The van der Waals surface area contributed by atoms with Crippen molar-refractivity contribution in [3.63, 3.8) is 0 Å². The number of likely N-dealkylation sites (N-methyl/N-ethyl adjacent to an activating group) is 1. The summed E-state index contributed by atoms with van der Waals surface area (Å²) in [5.74, 6) is 1.01. The van der Waals surface area contributed by atoms with Crippen molar-refractivity contribution in [2.75, 3.05) is 87.5 Å². The van der Waals surface area contributed by atoms with Crippen molar-refractivity contribution < 1.29 is 38.4 Å². The van der Waals surface area contributed by atoms with Crippen LogP contribution in [-0.4, -0.2) is 125 Å². The molecule has 1 spiro atoms. The van der Waals surface area contributed by atoms with E-state index < -0.39 is 5.60 Å². The monoisotopic (exact) mass is 797 g/mol. The first kappa shape index (κ1) is 41.1. The van der Waals surface area contributed by atoms with Gasteiger partial charge in [-0.2, -0.15) is 0 Å². The number of nitrogens with zero attached hydrogens (tertiary/aromatic N) is 3. The van der Waals surface area contributed by atoms with Crippen molar-refractivity contribution in [1.82, 2.24) is 14.7 Å². The van der Waals surface area contributed by atoms with Crippen molar-refractivity contribution in [2.45, 2.75) is 55.6 Å². The summed E-state index contributed by atoms with van der Waals surface area (Å²) in [6.07, 6.45) is 4.50. The number of hydrogen-bond donors (Lipinski definition) is 1. The smallest absolute Gasteiger partial charge is 0.254 e. The molecule has 1 N–H and O–H groups in total. The maximum atomic E-state index is 14.2. The van der Waals surface area contributed by atoms with Crippen LogP contribution in [0.3, 0.4) is 0 Å². The molecule has 55 heavy (non-hydrogen) atoms. The molecule has 1 aliphatic carbocycles. The third-order valence-corrected chi connectivity index (χ3v) is 12.5. The van der Waals surface area contributed by atoms with Crippen molar-refractivity contribution in [2.24, 2.45) is 0 Å². The van der Waals surface area contributed by atoms with E-state index >= 15 is 0 Å². The maximum Gasteiger partial charge on any atom is 0.254 e. The molecule has 0 radical (unpaired) electrons. The lowest BCUT2D eigenvalue weighted by molar-refractivity contribution is -0.139. The molecule has 0 bridgehead atoms. The van der Waals surface area contributed by atoms with Crippen LogP contribution < -0.4 is 14.2 Å². The van der Waals surface area contributed by atoms with E-state index in [2.05, 4.69) is 29.2 Å². The Hall–Kier alpha value is -3.58. The molecule has 2 amide bonds. The number of morpholine rings is 1. The number of amides is 2. The molecule has 2 fully saturated rings. The Bertz CT molecular complexity index is 1790. The first-order valence-corrected chi connectivity index (χ1v) is 19.8. The molecule has 2 aliphatic heterocycles. The van der Waals surface area contributed by atoms with Crippen LogP contribution in [0.5, 0.6) is 17.2 Å². The lowest BCUT2D eigenvalue weighted by Gasteiger charge is -2.46. The summed E-state index contributed by atoms with van der Waals surface area (Å²) >= 11 is 13.0. The number of aliphatic hydroxyl groups excluding tert-OH is 1. The fraction of sp³-hybridized carbons (Fsp3) is 0.524. The second-order valence-electron chi connectivity index (χ2n) is 14.8. The standard InChI is InChI=1S/C42H53Cl2N3O8/c1-45(16-7-8-21-48)38(49)27-54-37-25-29-9-5-6-10-32(29)41(37)13-17-46(18-14-41)19-15-42(31-11-12-33(43)34(44)26-31)28-47(20-22-55-42)40(50)30-23-35(51-2)39(53-4)36(24-30)52-3/h5-6,9-12,23-24,26,37,48H,7-8,13-22,25,27-28H2,1-4H3/t37-,42+/m0/s1. The van der Waals surface area contributed by atoms with Gasteiger partial charge in [-0.25, -0.2) is 0 Å². The van der Waals surface area contributed by atoms with E-state index in [0.717, 1.165) is 50.9 Å². The molecule has 11 nitrogen and oxygen atoms in total. The quantitative estimate of drug-likeness (QED) is 0.186. The second-order valence-corrected chi connectivity index (χ2v) is 15.6. The molecule has 3 aromatic rings. The van der Waals surface area contributed by atoms with Gasteiger partial charge in [0.2, 0.25) is 11.7 Å². The fourth-order valence-corrected chi connectivity index (χ4v) is 8.84. The molecular formula is C42H53Cl2N3O8. The van der Waals surface area contributed by atoms with Gasteiger partial charge in [-0.1, -0.05) is 53.5 Å². The number of piperidine rings is 1. The van der Waals surface area contributed by atoms with Crippen LogP contribution in [0.15, 0.2) is 54.6 Å². The summed E-state index contributed by atoms with van der Waals surface area (Å²) in [4.78, 5) is 33.2. The molecule has 13 heteroatoms. The number of hydrogen-bond acceptors (Lipinski definition) is 9. The predicted molar refractivity (Wildman–Crippen MR) is 212 cm³/mol. The van der Waals surface area contributed by atoms with E-state index in [0.29, 0.717) is 71.9 Å². The van der Waals surface area contributed by atoms with Crippen LogP contribution in [0.2, 0.25) is 10.0 Å². The SMILES string of the molecule is COc1cc(C(=O)N2CCO[C@@](CCN3CCC4(CC3)c3ccccc3C[C@@H]4OCC(=O)N(C)CCCCO)(c3ccc(Cl)c(Cl)c3)C2)cc(OC)c1OC. The van der Waals surface area contributed by atoms with Gasteiger partial charge >= 0.3 is 0 Å². The topological polar surface area (TPSA) is 110 Å². The number of ether oxygens (including phenoxy) is 5. The van der Waals surface area contributed by atoms with Crippen LogP contribution in [-0.2, 0) is 31.7 Å². The average molecular weight is 799 g/mol. The number of rotatable bonds is 15. The zero-order chi connectivity index (χ0) is 39.2. The van der Waals surface area contributed by atoms with Gasteiger partial charge in [0.25, 0.3) is 5.91 Å². The Balaban J connectivity index is 1.18. The van der Waals surface area contributed by atoms with Gasteiger partial charge in [0.1, 0.15) is 12.2 Å². The van der Waals surface area contributed by atoms with Crippen molar-refractivity contribution in [1.29, 1.82) is 0 Å². The number of carbonyl (C=O) groups excluding carboxylic acids is 2. The minimum atomic E-state index is -0.840. The number of benzene rings is 3. The summed E-state index contributed by atoms with van der Waals surface area (Å²) in [5, 5.41) is 10.0. The van der Waals surface area contributed by atoms with Crippen LogP contribution in [0.25, 0.3) is 0 Å². The van der Waals surface area contributed by atoms with E-state index in [1.165, 1.54) is 32.5 Å². The summed E-state index contributed by atoms with van der Waals surface area (Å²) in [7, 11) is 6.38. The number of likely N-dealkylation sites (tertiary alicyclic amines) is 1. The second kappa shape index (κ2) is 18.1. The molecule has 0 unspecified atom stereocenters. The molecule has 0 aromatic heterocycles. The van der Waals surface area contributed by atoms with Gasteiger partial charge in [-0.15, -0.1) is 0 Å². The number of methoxy groups -OCH3 is 3. The highest BCUT2D eigenvalue weighted by Gasteiger charge is 2.49. The van der Waals surface area contributed by atoms with Gasteiger partial charge in [0.05, 0.1) is 50.6 Å². The summed E-state index contributed by atoms with van der Waals surface area (Å²) < 4.78 is 29.8. The number of halogens is 2. The van der Waals surface area contributed by atoms with Crippen molar-refractivity contribution >= 4 is 35.0 Å². The Morgan fingerprint density at radius 1 is 0.945 bits per heavy atom. The fourth-order valence-electron chi connectivity index (χ4n) is 8.54. The highest BCUT2D eigenvalue weighted by molar-refractivity contribution is 6.42.